The van der Waals surface area contributed by atoms with E-state index >= 15 is 0 Å². The zero-order valence-electron chi connectivity index (χ0n) is 16.3. The molecule has 2 saturated heterocycles. The smallest absolute Gasteiger partial charge is 0.322 e. The van der Waals surface area contributed by atoms with Gasteiger partial charge in [0.25, 0.3) is 5.91 Å². The number of nitrogens with one attached hydrogen (secondary N) is 2. The van der Waals surface area contributed by atoms with Crippen LogP contribution in [0.25, 0.3) is 0 Å². The van der Waals surface area contributed by atoms with E-state index in [1.165, 1.54) is 32.1 Å². The zero-order chi connectivity index (χ0) is 19.0. The van der Waals surface area contributed by atoms with Crippen molar-refractivity contribution in [3.05, 3.63) is 0 Å². The van der Waals surface area contributed by atoms with Crippen LogP contribution in [-0.4, -0.2) is 64.9 Å². The maximum Gasteiger partial charge on any atom is 0.322 e. The van der Waals surface area contributed by atoms with Crippen LogP contribution >= 0.6 is 0 Å². The van der Waals surface area contributed by atoms with Gasteiger partial charge in [0.1, 0.15) is 5.54 Å². The maximum absolute atomic E-state index is 12.8. The Hall–Kier alpha value is -1.63. The van der Waals surface area contributed by atoms with Crippen molar-refractivity contribution in [3.8, 4) is 0 Å². The second kappa shape index (κ2) is 7.41. The first-order valence-electron chi connectivity index (χ1n) is 10.7. The summed E-state index contributed by atoms with van der Waals surface area (Å²) in [5, 5.41) is 5.18. The molecular weight excluding hydrogens is 344 g/mol. The third-order valence-electron chi connectivity index (χ3n) is 7.05. The number of hydrogen-bond donors (Lipinski definition) is 2. The van der Waals surface area contributed by atoms with Gasteiger partial charge in [0.2, 0.25) is 5.91 Å². The van der Waals surface area contributed by atoms with Gasteiger partial charge in [0.15, 0.2) is 0 Å². The first-order valence-corrected chi connectivity index (χ1v) is 10.7. The van der Waals surface area contributed by atoms with Gasteiger partial charge in [-0.2, -0.15) is 0 Å². The van der Waals surface area contributed by atoms with Gasteiger partial charge in [-0.15, -0.1) is 0 Å². The highest BCUT2D eigenvalue weighted by atomic mass is 16.2. The van der Waals surface area contributed by atoms with Gasteiger partial charge >= 0.3 is 6.03 Å². The van der Waals surface area contributed by atoms with Crippen LogP contribution in [0.5, 0.6) is 0 Å². The molecule has 2 aliphatic carbocycles. The summed E-state index contributed by atoms with van der Waals surface area (Å²) in [4.78, 5) is 41.3. The van der Waals surface area contributed by atoms with Crippen LogP contribution in [0.2, 0.25) is 0 Å². The van der Waals surface area contributed by atoms with Crippen LogP contribution in [-0.2, 0) is 9.59 Å². The van der Waals surface area contributed by atoms with Gasteiger partial charge in [0.05, 0.1) is 0 Å². The Morgan fingerprint density at radius 3 is 2.44 bits per heavy atom. The quantitative estimate of drug-likeness (QED) is 0.715. The summed E-state index contributed by atoms with van der Waals surface area (Å²) in [7, 11) is 0. The van der Waals surface area contributed by atoms with Gasteiger partial charge in [-0.05, 0) is 44.9 Å². The summed E-state index contributed by atoms with van der Waals surface area (Å²) in [5.74, 6) is 0.0382. The van der Waals surface area contributed by atoms with E-state index in [0.717, 1.165) is 32.5 Å². The largest absolute Gasteiger partial charge is 0.340 e. The molecule has 0 radical (unpaired) electrons. The molecule has 7 nitrogen and oxygen atoms in total. The fourth-order valence-electron chi connectivity index (χ4n) is 5.36. The highest BCUT2D eigenvalue weighted by molar-refractivity contribution is 6.07. The van der Waals surface area contributed by atoms with Crippen molar-refractivity contribution in [2.24, 2.45) is 5.92 Å². The number of imide groups is 1. The number of carbonyl (C=O) groups is 3. The molecule has 4 fully saturated rings. The van der Waals surface area contributed by atoms with E-state index in [4.69, 9.17) is 0 Å². The van der Waals surface area contributed by atoms with E-state index in [1.807, 2.05) is 4.90 Å². The van der Waals surface area contributed by atoms with Gasteiger partial charge in [-0.1, -0.05) is 19.3 Å². The number of amides is 4. The first-order chi connectivity index (χ1) is 13.0. The average molecular weight is 377 g/mol. The Labute approximate surface area is 161 Å². The SMILES string of the molecule is C[C@H]1CN(C(=O)CC[C@@]2(C3CC3)NC(=O)NC2=O)CCN1C1CCCCC1. The third kappa shape index (κ3) is 3.71. The summed E-state index contributed by atoms with van der Waals surface area (Å²) >= 11 is 0. The van der Waals surface area contributed by atoms with E-state index in [9.17, 15) is 14.4 Å². The molecule has 150 valence electrons. The second-order valence-electron chi connectivity index (χ2n) is 8.87. The standard InChI is InChI=1S/C20H32N4O3/c1-14-13-23(11-12-24(14)16-5-3-2-4-6-16)17(25)9-10-20(15-7-8-15)18(26)21-19(27)22-20/h14-16H,2-13H2,1H3,(H2,21,22,26,27)/t14-,20-/m0/s1. The van der Waals surface area contributed by atoms with Gasteiger partial charge in [-0.3, -0.25) is 19.8 Å². The van der Waals surface area contributed by atoms with Gasteiger partial charge < -0.3 is 10.2 Å². The average Bonchev–Trinajstić information content (AvgIpc) is 3.47. The number of hydrogen-bond acceptors (Lipinski definition) is 4. The molecular formula is C20H32N4O3. The van der Waals surface area contributed by atoms with Crippen LogP contribution < -0.4 is 10.6 Å². The lowest BCUT2D eigenvalue weighted by Gasteiger charge is -2.45. The highest BCUT2D eigenvalue weighted by Gasteiger charge is 2.55. The number of nitrogens with zero attached hydrogens (tertiary/aromatic N) is 2. The van der Waals surface area contributed by atoms with Crippen LogP contribution in [0.1, 0.15) is 64.7 Å². The van der Waals surface area contributed by atoms with Crippen LogP contribution in [0.3, 0.4) is 0 Å². The van der Waals surface area contributed by atoms with E-state index in [1.54, 1.807) is 0 Å². The normalized spacial score (nSPS) is 33.1. The lowest BCUT2D eigenvalue weighted by atomic mass is 9.87. The predicted molar refractivity (Wildman–Crippen MR) is 101 cm³/mol. The Kier molecular flexibility index (Phi) is 5.14. The second-order valence-corrected chi connectivity index (χ2v) is 8.87. The monoisotopic (exact) mass is 376 g/mol. The minimum Gasteiger partial charge on any atom is -0.340 e. The van der Waals surface area contributed by atoms with E-state index in [-0.39, 0.29) is 17.7 Å². The fraction of sp³-hybridized carbons (Fsp3) is 0.850. The molecule has 0 aromatic heterocycles. The Morgan fingerprint density at radius 1 is 1.11 bits per heavy atom. The molecule has 4 rings (SSSR count). The molecule has 2 aliphatic heterocycles. The summed E-state index contributed by atoms with van der Waals surface area (Å²) in [5.41, 5.74) is -0.859. The topological polar surface area (TPSA) is 81.8 Å². The first kappa shape index (κ1) is 18.7. The molecule has 0 unspecified atom stereocenters. The Balaban J connectivity index is 1.31. The van der Waals surface area contributed by atoms with E-state index < -0.39 is 11.6 Å². The zero-order valence-corrected chi connectivity index (χ0v) is 16.3. The van der Waals surface area contributed by atoms with E-state index in [2.05, 4.69) is 22.5 Å². The number of urea groups is 1. The van der Waals surface area contributed by atoms with Crippen LogP contribution in [0.15, 0.2) is 0 Å². The molecule has 2 N–H and O–H groups in total. The molecule has 4 amide bonds. The molecule has 0 aromatic carbocycles. The molecule has 0 bridgehead atoms. The maximum atomic E-state index is 12.8. The summed E-state index contributed by atoms with van der Waals surface area (Å²) in [6.45, 7) is 4.71. The molecule has 2 heterocycles. The Morgan fingerprint density at radius 2 is 1.85 bits per heavy atom. The molecule has 27 heavy (non-hydrogen) atoms. The minimum absolute atomic E-state index is 0.110. The van der Waals surface area contributed by atoms with Gasteiger partial charge in [0, 0.05) is 38.1 Å². The highest BCUT2D eigenvalue weighted by Crippen LogP contribution is 2.43. The molecule has 0 spiro atoms. The Bertz CT molecular complexity index is 614. The number of carbonyl (C=O) groups excluding carboxylic acids is 3. The van der Waals surface area contributed by atoms with Crippen molar-refractivity contribution >= 4 is 17.8 Å². The van der Waals surface area contributed by atoms with Crippen molar-refractivity contribution in [2.75, 3.05) is 19.6 Å². The van der Waals surface area contributed by atoms with Crippen molar-refractivity contribution in [1.82, 2.24) is 20.4 Å². The summed E-state index contributed by atoms with van der Waals surface area (Å²) < 4.78 is 0. The summed E-state index contributed by atoms with van der Waals surface area (Å²) in [6.07, 6.45) is 9.20. The van der Waals surface area contributed by atoms with Crippen molar-refractivity contribution in [3.63, 3.8) is 0 Å². The van der Waals surface area contributed by atoms with Crippen LogP contribution in [0, 0.1) is 5.92 Å². The lowest BCUT2D eigenvalue weighted by molar-refractivity contribution is -0.135. The van der Waals surface area contributed by atoms with E-state index in [0.29, 0.717) is 24.9 Å². The van der Waals surface area contributed by atoms with Crippen molar-refractivity contribution < 1.29 is 14.4 Å². The van der Waals surface area contributed by atoms with Crippen molar-refractivity contribution in [2.45, 2.75) is 82.3 Å². The molecule has 0 aromatic rings. The summed E-state index contributed by atoms with van der Waals surface area (Å²) in [6, 6.07) is 0.647. The van der Waals surface area contributed by atoms with Gasteiger partial charge in [-0.25, -0.2) is 4.79 Å². The predicted octanol–water partition coefficient (Wildman–Crippen LogP) is 1.62. The number of rotatable bonds is 5. The molecule has 4 aliphatic rings. The molecule has 7 heteroatoms. The van der Waals surface area contributed by atoms with Crippen LogP contribution in [0.4, 0.5) is 4.79 Å². The molecule has 2 saturated carbocycles. The molecule has 2 atom stereocenters. The fourth-order valence-corrected chi connectivity index (χ4v) is 5.36. The third-order valence-corrected chi connectivity index (χ3v) is 7.05. The van der Waals surface area contributed by atoms with Crippen molar-refractivity contribution in [1.29, 1.82) is 0 Å². The number of piperazine rings is 1. The lowest BCUT2D eigenvalue weighted by Crippen LogP contribution is -2.57. The minimum atomic E-state index is -0.859.